The standard InChI is InChI=1S/C15H16ClN3O2/c1-21-9-8-19-13(10-2-4-11(16)5-3-10)7-6-12(14(17)18)15(19)20/h2-7H,8-9H2,1H3,(H3,17,18). The maximum absolute atomic E-state index is 12.4. The van der Waals surface area contributed by atoms with Crippen LogP contribution in [0.4, 0.5) is 0 Å². The minimum Gasteiger partial charge on any atom is -0.384 e. The molecule has 0 saturated heterocycles. The topological polar surface area (TPSA) is 81.1 Å². The Labute approximate surface area is 127 Å². The Kier molecular flexibility index (Phi) is 4.77. The zero-order valence-electron chi connectivity index (χ0n) is 11.6. The average Bonchev–Trinajstić information content (AvgIpc) is 2.46. The number of nitrogens with one attached hydrogen (secondary N) is 1. The van der Waals surface area contributed by atoms with Crippen LogP contribution >= 0.6 is 11.6 Å². The van der Waals surface area contributed by atoms with Crippen molar-refractivity contribution in [3.63, 3.8) is 0 Å². The molecular weight excluding hydrogens is 290 g/mol. The molecule has 2 rings (SSSR count). The van der Waals surface area contributed by atoms with Crippen LogP contribution in [0.3, 0.4) is 0 Å². The second-order valence-electron chi connectivity index (χ2n) is 4.50. The molecule has 21 heavy (non-hydrogen) atoms. The van der Waals surface area contributed by atoms with Gasteiger partial charge in [0.25, 0.3) is 5.56 Å². The number of rotatable bonds is 5. The molecule has 110 valence electrons. The van der Waals surface area contributed by atoms with Gasteiger partial charge in [0.2, 0.25) is 0 Å². The second-order valence-corrected chi connectivity index (χ2v) is 4.94. The Morgan fingerprint density at radius 2 is 1.95 bits per heavy atom. The van der Waals surface area contributed by atoms with Crippen molar-refractivity contribution in [1.82, 2.24) is 4.57 Å². The minimum absolute atomic E-state index is 0.184. The van der Waals surface area contributed by atoms with E-state index in [1.165, 1.54) is 0 Å². The summed E-state index contributed by atoms with van der Waals surface area (Å²) in [6, 6.07) is 10.6. The van der Waals surface area contributed by atoms with E-state index in [0.29, 0.717) is 18.2 Å². The summed E-state index contributed by atoms with van der Waals surface area (Å²) in [5, 5.41) is 8.10. The van der Waals surface area contributed by atoms with Gasteiger partial charge in [-0.3, -0.25) is 10.2 Å². The molecule has 1 heterocycles. The van der Waals surface area contributed by atoms with E-state index in [0.717, 1.165) is 11.3 Å². The van der Waals surface area contributed by atoms with Crippen molar-refractivity contribution in [3.05, 3.63) is 57.3 Å². The summed E-state index contributed by atoms with van der Waals surface area (Å²) >= 11 is 5.89. The summed E-state index contributed by atoms with van der Waals surface area (Å²) in [6.07, 6.45) is 0. The van der Waals surface area contributed by atoms with E-state index in [9.17, 15) is 4.79 Å². The largest absolute Gasteiger partial charge is 0.384 e. The highest BCUT2D eigenvalue weighted by atomic mass is 35.5. The van der Waals surface area contributed by atoms with Gasteiger partial charge in [0.15, 0.2) is 0 Å². The molecule has 3 N–H and O–H groups in total. The van der Waals surface area contributed by atoms with Gasteiger partial charge in [-0.15, -0.1) is 0 Å². The average molecular weight is 306 g/mol. The van der Waals surface area contributed by atoms with Crippen LogP contribution in [-0.4, -0.2) is 24.1 Å². The number of nitrogens with two attached hydrogens (primary N) is 1. The highest BCUT2D eigenvalue weighted by Gasteiger charge is 2.12. The third kappa shape index (κ3) is 3.32. The number of amidine groups is 1. The van der Waals surface area contributed by atoms with Gasteiger partial charge < -0.3 is 15.0 Å². The van der Waals surface area contributed by atoms with Crippen LogP contribution < -0.4 is 11.3 Å². The lowest BCUT2D eigenvalue weighted by molar-refractivity contribution is 0.186. The summed E-state index contributed by atoms with van der Waals surface area (Å²) in [6.45, 7) is 0.774. The van der Waals surface area contributed by atoms with Crippen LogP contribution in [-0.2, 0) is 11.3 Å². The number of methoxy groups -OCH3 is 1. The van der Waals surface area contributed by atoms with Crippen LogP contribution in [0, 0.1) is 5.41 Å². The van der Waals surface area contributed by atoms with Gasteiger partial charge in [0.05, 0.1) is 17.9 Å². The number of pyridine rings is 1. The fourth-order valence-electron chi connectivity index (χ4n) is 2.06. The molecule has 0 bridgehead atoms. The molecule has 5 nitrogen and oxygen atoms in total. The Balaban J connectivity index is 2.59. The van der Waals surface area contributed by atoms with Gasteiger partial charge in [-0.1, -0.05) is 23.7 Å². The fraction of sp³-hybridized carbons (Fsp3) is 0.200. The molecule has 0 saturated carbocycles. The third-order valence-electron chi connectivity index (χ3n) is 3.12. The molecule has 1 aromatic carbocycles. The van der Waals surface area contributed by atoms with Crippen molar-refractivity contribution in [3.8, 4) is 11.3 Å². The molecule has 0 atom stereocenters. The van der Waals surface area contributed by atoms with Gasteiger partial charge in [0, 0.05) is 18.7 Å². The number of benzene rings is 1. The van der Waals surface area contributed by atoms with Gasteiger partial charge in [-0.25, -0.2) is 0 Å². The number of aromatic nitrogens is 1. The molecule has 0 aliphatic carbocycles. The van der Waals surface area contributed by atoms with Crippen molar-refractivity contribution in [1.29, 1.82) is 5.41 Å². The Hall–Kier alpha value is -2.11. The molecular formula is C15H16ClN3O2. The number of halogens is 1. The van der Waals surface area contributed by atoms with Crippen LogP contribution in [0.1, 0.15) is 5.56 Å². The first-order valence-electron chi connectivity index (χ1n) is 6.37. The van der Waals surface area contributed by atoms with E-state index in [-0.39, 0.29) is 17.0 Å². The zero-order valence-corrected chi connectivity index (χ0v) is 12.4. The van der Waals surface area contributed by atoms with Crippen LogP contribution in [0.15, 0.2) is 41.2 Å². The van der Waals surface area contributed by atoms with Gasteiger partial charge >= 0.3 is 0 Å². The molecule has 0 amide bonds. The molecule has 1 aromatic heterocycles. The van der Waals surface area contributed by atoms with E-state index in [1.807, 2.05) is 12.1 Å². The highest BCUT2D eigenvalue weighted by molar-refractivity contribution is 6.30. The molecule has 6 heteroatoms. The molecule has 2 aromatic rings. The van der Waals surface area contributed by atoms with Crippen molar-refractivity contribution < 1.29 is 4.74 Å². The predicted molar refractivity (Wildman–Crippen MR) is 84.0 cm³/mol. The monoisotopic (exact) mass is 305 g/mol. The van der Waals surface area contributed by atoms with Gasteiger partial charge in [0.1, 0.15) is 5.84 Å². The first-order chi connectivity index (χ1) is 10.0. The minimum atomic E-state index is -0.299. The molecule has 0 radical (unpaired) electrons. The number of nitrogens with zero attached hydrogens (tertiary/aromatic N) is 1. The molecule has 0 spiro atoms. The first-order valence-corrected chi connectivity index (χ1v) is 6.75. The molecule has 0 fully saturated rings. The zero-order chi connectivity index (χ0) is 15.4. The number of hydrogen-bond acceptors (Lipinski definition) is 3. The fourth-order valence-corrected chi connectivity index (χ4v) is 2.19. The summed E-state index contributed by atoms with van der Waals surface area (Å²) in [4.78, 5) is 12.4. The highest BCUT2D eigenvalue weighted by Crippen LogP contribution is 2.21. The normalized spacial score (nSPS) is 10.6. The number of nitrogen functional groups attached to an aromatic ring is 1. The van der Waals surface area contributed by atoms with Crippen LogP contribution in [0.5, 0.6) is 0 Å². The van der Waals surface area contributed by atoms with Crippen LogP contribution in [0.2, 0.25) is 5.02 Å². The first kappa shape index (κ1) is 15.3. The number of hydrogen-bond donors (Lipinski definition) is 2. The van der Waals surface area contributed by atoms with E-state index in [1.54, 1.807) is 35.9 Å². The lowest BCUT2D eigenvalue weighted by Crippen LogP contribution is -2.31. The SMILES string of the molecule is COCCn1c(-c2ccc(Cl)cc2)ccc(C(=N)N)c1=O. The second kappa shape index (κ2) is 6.56. The van der Waals surface area contributed by atoms with Crippen LogP contribution in [0.25, 0.3) is 11.3 Å². The summed E-state index contributed by atoms with van der Waals surface area (Å²) in [5.41, 5.74) is 6.93. The van der Waals surface area contributed by atoms with E-state index in [2.05, 4.69) is 0 Å². The summed E-state index contributed by atoms with van der Waals surface area (Å²) in [7, 11) is 1.57. The van der Waals surface area contributed by atoms with Crippen molar-refractivity contribution in [2.75, 3.05) is 13.7 Å². The summed E-state index contributed by atoms with van der Waals surface area (Å²) < 4.78 is 6.60. The smallest absolute Gasteiger partial charge is 0.262 e. The lowest BCUT2D eigenvalue weighted by atomic mass is 10.1. The maximum Gasteiger partial charge on any atom is 0.262 e. The van der Waals surface area contributed by atoms with Crippen molar-refractivity contribution in [2.24, 2.45) is 5.73 Å². The quantitative estimate of drug-likeness (QED) is 0.655. The van der Waals surface area contributed by atoms with Gasteiger partial charge in [-0.05, 0) is 29.8 Å². The lowest BCUT2D eigenvalue weighted by Gasteiger charge is -2.14. The molecule has 0 aliphatic heterocycles. The van der Waals surface area contributed by atoms with E-state index < -0.39 is 0 Å². The van der Waals surface area contributed by atoms with Gasteiger partial charge in [-0.2, -0.15) is 0 Å². The van der Waals surface area contributed by atoms with E-state index in [4.69, 9.17) is 27.5 Å². The third-order valence-corrected chi connectivity index (χ3v) is 3.38. The Morgan fingerprint density at radius 3 is 2.52 bits per heavy atom. The molecule has 0 aliphatic rings. The maximum atomic E-state index is 12.4. The summed E-state index contributed by atoms with van der Waals surface area (Å²) in [5.74, 6) is -0.242. The predicted octanol–water partition coefficient (Wildman–Crippen LogP) is 2.10. The van der Waals surface area contributed by atoms with Crippen molar-refractivity contribution >= 4 is 17.4 Å². The molecule has 0 unspecified atom stereocenters. The van der Waals surface area contributed by atoms with Crippen molar-refractivity contribution in [2.45, 2.75) is 6.54 Å². The Morgan fingerprint density at radius 1 is 1.29 bits per heavy atom. The van der Waals surface area contributed by atoms with E-state index >= 15 is 0 Å². The number of ether oxygens (including phenoxy) is 1. The Bertz CT molecular complexity index is 708.